The van der Waals surface area contributed by atoms with E-state index in [9.17, 15) is 0 Å². The Bertz CT molecular complexity index is 254. The monoisotopic (exact) mass is 197 g/mol. The van der Waals surface area contributed by atoms with Gasteiger partial charge in [0.05, 0.1) is 0 Å². The van der Waals surface area contributed by atoms with Crippen LogP contribution >= 0.6 is 12.4 Å². The van der Waals surface area contributed by atoms with E-state index in [1.807, 2.05) is 0 Å². The van der Waals surface area contributed by atoms with E-state index < -0.39 is 0 Å². The highest BCUT2D eigenvalue weighted by Gasteiger charge is 2.40. The van der Waals surface area contributed by atoms with Gasteiger partial charge < -0.3 is 5.73 Å². The molecule has 0 aromatic heterocycles. The molecule has 0 radical (unpaired) electrons. The molecular weight excluding hydrogens is 182 g/mol. The number of hydrogen-bond donors (Lipinski definition) is 1. The van der Waals surface area contributed by atoms with Gasteiger partial charge in [-0.05, 0) is 36.8 Å². The molecule has 0 bridgehead atoms. The predicted molar refractivity (Wildman–Crippen MR) is 58.1 cm³/mol. The molecule has 1 aliphatic rings. The van der Waals surface area contributed by atoms with Crippen LogP contribution in [0.25, 0.3) is 0 Å². The van der Waals surface area contributed by atoms with Gasteiger partial charge in [-0.3, -0.25) is 0 Å². The van der Waals surface area contributed by atoms with Gasteiger partial charge in [-0.25, -0.2) is 0 Å². The molecule has 1 fully saturated rings. The second-order valence-electron chi connectivity index (χ2n) is 3.87. The Kier molecular flexibility index (Phi) is 3.34. The van der Waals surface area contributed by atoms with E-state index >= 15 is 0 Å². The first kappa shape index (κ1) is 10.6. The number of benzene rings is 1. The Labute approximate surface area is 85.7 Å². The van der Waals surface area contributed by atoms with E-state index in [2.05, 4.69) is 30.3 Å². The highest BCUT2D eigenvalue weighted by atomic mass is 35.5. The van der Waals surface area contributed by atoms with Crippen LogP contribution in [0.5, 0.6) is 0 Å². The minimum Gasteiger partial charge on any atom is -0.330 e. The van der Waals surface area contributed by atoms with E-state index in [4.69, 9.17) is 5.73 Å². The van der Waals surface area contributed by atoms with Crippen molar-refractivity contribution < 1.29 is 0 Å². The van der Waals surface area contributed by atoms with Crippen LogP contribution in [-0.4, -0.2) is 6.54 Å². The lowest BCUT2D eigenvalue weighted by Crippen LogP contribution is -2.17. The van der Waals surface area contributed by atoms with Crippen molar-refractivity contribution in [2.75, 3.05) is 6.54 Å². The maximum absolute atomic E-state index is 5.72. The number of rotatable bonds is 3. The van der Waals surface area contributed by atoms with E-state index in [0.29, 0.717) is 5.41 Å². The van der Waals surface area contributed by atoms with Gasteiger partial charge in [0.25, 0.3) is 0 Å². The van der Waals surface area contributed by atoms with E-state index in [0.717, 1.165) is 6.54 Å². The quantitative estimate of drug-likeness (QED) is 0.792. The fourth-order valence-corrected chi connectivity index (χ4v) is 1.66. The van der Waals surface area contributed by atoms with Crippen LogP contribution in [0.3, 0.4) is 0 Å². The SMILES string of the molecule is Cl.NCC1(Cc2ccccc2)CC1. The molecule has 1 aliphatic carbocycles. The second kappa shape index (κ2) is 4.12. The number of nitrogens with two attached hydrogens (primary N) is 1. The van der Waals surface area contributed by atoms with Crippen LogP contribution in [0.2, 0.25) is 0 Å². The first-order valence-electron chi connectivity index (χ1n) is 4.59. The molecule has 2 heteroatoms. The molecule has 13 heavy (non-hydrogen) atoms. The third-order valence-corrected chi connectivity index (χ3v) is 2.81. The van der Waals surface area contributed by atoms with Gasteiger partial charge in [-0.15, -0.1) is 12.4 Å². The Morgan fingerprint density at radius 3 is 2.23 bits per heavy atom. The summed E-state index contributed by atoms with van der Waals surface area (Å²) in [4.78, 5) is 0. The molecule has 0 atom stereocenters. The van der Waals surface area contributed by atoms with Gasteiger partial charge in [-0.2, -0.15) is 0 Å². The summed E-state index contributed by atoms with van der Waals surface area (Å²) in [5.41, 5.74) is 7.62. The van der Waals surface area contributed by atoms with Crippen molar-refractivity contribution in [3.8, 4) is 0 Å². The van der Waals surface area contributed by atoms with Gasteiger partial charge in [-0.1, -0.05) is 30.3 Å². The molecule has 0 aliphatic heterocycles. The van der Waals surface area contributed by atoms with Crippen molar-refractivity contribution in [3.63, 3.8) is 0 Å². The molecule has 1 nitrogen and oxygen atoms in total. The summed E-state index contributed by atoms with van der Waals surface area (Å²) >= 11 is 0. The molecule has 72 valence electrons. The van der Waals surface area contributed by atoms with Crippen molar-refractivity contribution in [2.45, 2.75) is 19.3 Å². The Hall–Kier alpha value is -0.530. The Morgan fingerprint density at radius 2 is 1.77 bits per heavy atom. The molecule has 0 amide bonds. The molecular formula is C11H16ClN. The minimum absolute atomic E-state index is 0. The molecule has 0 saturated heterocycles. The molecule has 1 saturated carbocycles. The zero-order chi connectivity index (χ0) is 8.44. The fraction of sp³-hybridized carbons (Fsp3) is 0.455. The lowest BCUT2D eigenvalue weighted by molar-refractivity contribution is 0.521. The summed E-state index contributed by atoms with van der Waals surface area (Å²) in [6.45, 7) is 0.849. The van der Waals surface area contributed by atoms with E-state index in [1.165, 1.54) is 24.8 Å². The maximum Gasteiger partial charge on any atom is -0.00173 e. The van der Waals surface area contributed by atoms with Crippen molar-refractivity contribution in [2.24, 2.45) is 11.1 Å². The zero-order valence-electron chi connectivity index (χ0n) is 7.70. The summed E-state index contributed by atoms with van der Waals surface area (Å²) in [6.07, 6.45) is 3.81. The first-order valence-corrected chi connectivity index (χ1v) is 4.59. The van der Waals surface area contributed by atoms with Crippen LogP contribution in [-0.2, 0) is 6.42 Å². The number of halogens is 1. The van der Waals surface area contributed by atoms with Crippen LogP contribution < -0.4 is 5.73 Å². The van der Waals surface area contributed by atoms with Crippen LogP contribution in [0.1, 0.15) is 18.4 Å². The summed E-state index contributed by atoms with van der Waals surface area (Å²) in [7, 11) is 0. The molecule has 0 heterocycles. The molecule has 2 rings (SSSR count). The second-order valence-corrected chi connectivity index (χ2v) is 3.87. The van der Waals surface area contributed by atoms with Crippen LogP contribution in [0.15, 0.2) is 30.3 Å². The summed E-state index contributed by atoms with van der Waals surface area (Å²) in [5.74, 6) is 0. The summed E-state index contributed by atoms with van der Waals surface area (Å²) in [5, 5.41) is 0. The normalized spacial score (nSPS) is 17.6. The smallest absolute Gasteiger partial charge is 0.00173 e. The average molecular weight is 198 g/mol. The minimum atomic E-state index is 0. The van der Waals surface area contributed by atoms with Gasteiger partial charge in [0.15, 0.2) is 0 Å². The lowest BCUT2D eigenvalue weighted by Gasteiger charge is -2.11. The fourth-order valence-electron chi connectivity index (χ4n) is 1.66. The van der Waals surface area contributed by atoms with Crippen molar-refractivity contribution in [1.82, 2.24) is 0 Å². The summed E-state index contributed by atoms with van der Waals surface area (Å²) in [6, 6.07) is 10.6. The van der Waals surface area contributed by atoms with Gasteiger partial charge in [0, 0.05) is 0 Å². The maximum atomic E-state index is 5.72. The lowest BCUT2D eigenvalue weighted by atomic mass is 9.97. The zero-order valence-corrected chi connectivity index (χ0v) is 8.52. The molecule has 2 N–H and O–H groups in total. The van der Waals surface area contributed by atoms with Crippen LogP contribution in [0.4, 0.5) is 0 Å². The standard InChI is InChI=1S/C11H15N.ClH/c12-9-11(6-7-11)8-10-4-2-1-3-5-10;/h1-5H,6-9,12H2;1H. The third kappa shape index (κ3) is 2.45. The molecule has 0 spiro atoms. The Balaban J connectivity index is 0.000000845. The topological polar surface area (TPSA) is 26.0 Å². The first-order chi connectivity index (χ1) is 5.85. The molecule has 1 aromatic rings. The molecule has 1 aromatic carbocycles. The average Bonchev–Trinajstić information content (AvgIpc) is 2.88. The molecule has 0 unspecified atom stereocenters. The van der Waals surface area contributed by atoms with Crippen LogP contribution in [0, 0.1) is 5.41 Å². The predicted octanol–water partition coefficient (Wildman–Crippen LogP) is 2.39. The highest BCUT2D eigenvalue weighted by Crippen LogP contribution is 2.47. The van der Waals surface area contributed by atoms with Crippen molar-refractivity contribution in [3.05, 3.63) is 35.9 Å². The van der Waals surface area contributed by atoms with Crippen molar-refractivity contribution >= 4 is 12.4 Å². The Morgan fingerprint density at radius 1 is 1.15 bits per heavy atom. The highest BCUT2D eigenvalue weighted by molar-refractivity contribution is 5.85. The third-order valence-electron chi connectivity index (χ3n) is 2.81. The summed E-state index contributed by atoms with van der Waals surface area (Å²) < 4.78 is 0. The number of hydrogen-bond acceptors (Lipinski definition) is 1. The van der Waals surface area contributed by atoms with Gasteiger partial charge in [0.1, 0.15) is 0 Å². The van der Waals surface area contributed by atoms with Gasteiger partial charge >= 0.3 is 0 Å². The van der Waals surface area contributed by atoms with E-state index in [-0.39, 0.29) is 12.4 Å². The van der Waals surface area contributed by atoms with Gasteiger partial charge in [0.2, 0.25) is 0 Å². The van der Waals surface area contributed by atoms with Crippen molar-refractivity contribution in [1.29, 1.82) is 0 Å². The van der Waals surface area contributed by atoms with E-state index in [1.54, 1.807) is 0 Å². The largest absolute Gasteiger partial charge is 0.330 e.